The van der Waals surface area contributed by atoms with Crippen molar-refractivity contribution in [1.82, 2.24) is 5.43 Å². The molecule has 0 spiro atoms. The number of hydrogen-bond acceptors (Lipinski definition) is 6. The number of nitrogens with one attached hydrogen (secondary N) is 1. The Morgan fingerprint density at radius 1 is 1.16 bits per heavy atom. The summed E-state index contributed by atoms with van der Waals surface area (Å²) in [5.41, 5.74) is 3.89. The van der Waals surface area contributed by atoms with Crippen molar-refractivity contribution < 1.29 is 14.5 Å². The Bertz CT molecular complexity index is 1100. The largest absolute Gasteiger partial charge is 0.484 e. The first-order valence-electron chi connectivity index (χ1n) is 9.14. The predicted octanol–water partition coefficient (Wildman–Crippen LogP) is 5.24. The van der Waals surface area contributed by atoms with Crippen LogP contribution < -0.4 is 10.2 Å². The molecule has 0 bridgehead atoms. The highest BCUT2D eigenvalue weighted by Gasteiger charge is 2.15. The summed E-state index contributed by atoms with van der Waals surface area (Å²) in [6.07, 6.45) is 1.34. The zero-order valence-electron chi connectivity index (χ0n) is 16.4. The number of rotatable bonds is 8. The van der Waals surface area contributed by atoms with Crippen molar-refractivity contribution in [2.45, 2.75) is 16.7 Å². The lowest BCUT2D eigenvalue weighted by molar-refractivity contribution is -0.387. The van der Waals surface area contributed by atoms with Crippen molar-refractivity contribution >= 4 is 41.2 Å². The third-order valence-electron chi connectivity index (χ3n) is 4.01. The lowest BCUT2D eigenvalue weighted by Gasteiger charge is -2.05. The Hall–Kier alpha value is -3.36. The van der Waals surface area contributed by atoms with Crippen molar-refractivity contribution in [2.75, 3.05) is 6.61 Å². The Morgan fingerprint density at radius 2 is 1.87 bits per heavy atom. The van der Waals surface area contributed by atoms with Crippen LogP contribution in [0.2, 0.25) is 5.02 Å². The van der Waals surface area contributed by atoms with E-state index in [1.54, 1.807) is 36.4 Å². The van der Waals surface area contributed by atoms with E-state index in [2.05, 4.69) is 10.5 Å². The van der Waals surface area contributed by atoms with Crippen LogP contribution in [0.25, 0.3) is 0 Å². The van der Waals surface area contributed by atoms with Crippen molar-refractivity contribution in [1.29, 1.82) is 0 Å². The summed E-state index contributed by atoms with van der Waals surface area (Å²) >= 11 is 7.10. The van der Waals surface area contributed by atoms with Gasteiger partial charge in [0.25, 0.3) is 11.6 Å². The van der Waals surface area contributed by atoms with Crippen molar-refractivity contribution in [3.63, 3.8) is 0 Å². The van der Waals surface area contributed by atoms with Gasteiger partial charge in [-0.05, 0) is 49.4 Å². The molecule has 9 heteroatoms. The van der Waals surface area contributed by atoms with Gasteiger partial charge in [-0.25, -0.2) is 5.43 Å². The minimum atomic E-state index is -0.466. The molecule has 0 unspecified atom stereocenters. The number of nitro groups is 1. The number of aryl methyl sites for hydroxylation is 1. The van der Waals surface area contributed by atoms with E-state index >= 15 is 0 Å². The van der Waals surface area contributed by atoms with Crippen LogP contribution in [-0.4, -0.2) is 23.7 Å². The second-order valence-electron chi connectivity index (χ2n) is 6.44. The minimum absolute atomic E-state index is 0.0353. The summed E-state index contributed by atoms with van der Waals surface area (Å²) in [5, 5.41) is 15.9. The van der Waals surface area contributed by atoms with Gasteiger partial charge in [0.2, 0.25) is 0 Å². The average Bonchev–Trinajstić information content (AvgIpc) is 2.75. The Labute approximate surface area is 188 Å². The van der Waals surface area contributed by atoms with Gasteiger partial charge in [0.1, 0.15) is 5.75 Å². The molecule has 0 radical (unpaired) electrons. The minimum Gasteiger partial charge on any atom is -0.484 e. The number of nitro benzene ring substituents is 1. The molecule has 0 fully saturated rings. The summed E-state index contributed by atoms with van der Waals surface area (Å²) in [4.78, 5) is 24.3. The second-order valence-corrected chi connectivity index (χ2v) is 7.99. The van der Waals surface area contributed by atoms with Crippen molar-refractivity contribution in [2.24, 2.45) is 5.10 Å². The smallest absolute Gasteiger partial charge is 0.283 e. The van der Waals surface area contributed by atoms with Crippen LogP contribution in [0, 0.1) is 17.0 Å². The fourth-order valence-corrected chi connectivity index (χ4v) is 3.49. The molecule has 0 saturated heterocycles. The van der Waals surface area contributed by atoms with Gasteiger partial charge in [0, 0.05) is 21.5 Å². The summed E-state index contributed by atoms with van der Waals surface area (Å²) < 4.78 is 5.32. The van der Waals surface area contributed by atoms with Crippen LogP contribution in [0.1, 0.15) is 11.1 Å². The molecule has 0 atom stereocenters. The maximum absolute atomic E-state index is 11.8. The molecule has 158 valence electrons. The van der Waals surface area contributed by atoms with Crippen LogP contribution in [0.15, 0.2) is 81.6 Å². The SMILES string of the molecule is Cc1ccc(Sc2ccc(/C=N/NC(=O)COc3ccc(Cl)cc3)cc2[N+](=O)[O-])cc1. The van der Waals surface area contributed by atoms with E-state index in [1.807, 2.05) is 31.2 Å². The molecule has 1 amide bonds. The summed E-state index contributed by atoms with van der Waals surface area (Å²) in [5.74, 6) is 0.0352. The van der Waals surface area contributed by atoms with Crippen LogP contribution in [0.3, 0.4) is 0 Å². The van der Waals surface area contributed by atoms with Gasteiger partial charge in [-0.2, -0.15) is 5.10 Å². The zero-order chi connectivity index (χ0) is 22.2. The van der Waals surface area contributed by atoms with Gasteiger partial charge >= 0.3 is 0 Å². The fourth-order valence-electron chi connectivity index (χ4n) is 2.47. The van der Waals surface area contributed by atoms with Gasteiger partial charge in [-0.15, -0.1) is 0 Å². The Morgan fingerprint density at radius 3 is 2.55 bits per heavy atom. The number of benzene rings is 3. The number of carbonyl (C=O) groups is 1. The highest BCUT2D eigenvalue weighted by atomic mass is 35.5. The zero-order valence-corrected chi connectivity index (χ0v) is 18.0. The number of amides is 1. The van der Waals surface area contributed by atoms with E-state index in [-0.39, 0.29) is 12.3 Å². The molecule has 0 heterocycles. The lowest BCUT2D eigenvalue weighted by Crippen LogP contribution is -2.24. The number of hydrazone groups is 1. The molecule has 3 aromatic rings. The summed E-state index contributed by atoms with van der Waals surface area (Å²) in [7, 11) is 0. The number of carbonyl (C=O) groups excluding carboxylic acids is 1. The number of hydrogen-bond donors (Lipinski definition) is 1. The molecular weight excluding hydrogens is 438 g/mol. The summed E-state index contributed by atoms with van der Waals surface area (Å²) in [6, 6.07) is 19.1. The second kappa shape index (κ2) is 10.6. The molecule has 0 saturated carbocycles. The first-order chi connectivity index (χ1) is 14.9. The van der Waals surface area contributed by atoms with Crippen LogP contribution in [0.4, 0.5) is 5.69 Å². The number of nitrogens with zero attached hydrogens (tertiary/aromatic N) is 2. The normalized spacial score (nSPS) is 10.8. The number of ether oxygens (including phenoxy) is 1. The molecule has 3 rings (SSSR count). The van der Waals surface area contributed by atoms with Crippen molar-refractivity contribution in [3.8, 4) is 5.75 Å². The molecule has 0 aliphatic carbocycles. The van der Waals surface area contributed by atoms with E-state index in [1.165, 1.54) is 24.0 Å². The molecule has 0 aromatic heterocycles. The lowest BCUT2D eigenvalue weighted by atomic mass is 10.2. The molecule has 3 aromatic carbocycles. The number of halogens is 1. The van der Waals surface area contributed by atoms with E-state index in [0.29, 0.717) is 21.2 Å². The summed E-state index contributed by atoms with van der Waals surface area (Å²) in [6.45, 7) is 1.75. The Balaban J connectivity index is 1.60. The third kappa shape index (κ3) is 6.84. The van der Waals surface area contributed by atoms with E-state index in [4.69, 9.17) is 16.3 Å². The highest BCUT2D eigenvalue weighted by molar-refractivity contribution is 7.99. The molecule has 1 N–H and O–H groups in total. The van der Waals surface area contributed by atoms with Crippen LogP contribution >= 0.6 is 23.4 Å². The fraction of sp³-hybridized carbons (Fsp3) is 0.0909. The first-order valence-corrected chi connectivity index (χ1v) is 10.3. The van der Waals surface area contributed by atoms with Gasteiger partial charge < -0.3 is 4.74 Å². The maximum Gasteiger partial charge on any atom is 0.283 e. The molecule has 7 nitrogen and oxygen atoms in total. The van der Waals surface area contributed by atoms with Gasteiger partial charge in [0.15, 0.2) is 6.61 Å². The molecular formula is C22H18ClN3O4S. The maximum atomic E-state index is 11.8. The molecule has 0 aliphatic rings. The van der Waals surface area contributed by atoms with E-state index < -0.39 is 10.8 Å². The standard InChI is InChI=1S/C22H18ClN3O4S/c1-15-2-9-19(10-3-15)31-21-11-4-16(12-20(21)26(28)29)13-24-25-22(27)14-30-18-7-5-17(23)6-8-18/h2-13H,14H2,1H3,(H,25,27)/b24-13+. The molecule has 0 aliphatic heterocycles. The van der Waals surface area contributed by atoms with Crippen molar-refractivity contribution in [3.05, 3.63) is 93.0 Å². The Kier molecular flexibility index (Phi) is 7.64. The monoisotopic (exact) mass is 455 g/mol. The van der Waals surface area contributed by atoms with Gasteiger partial charge in [-0.1, -0.05) is 47.1 Å². The quantitative estimate of drug-likeness (QED) is 0.285. The van der Waals surface area contributed by atoms with Crippen LogP contribution in [-0.2, 0) is 4.79 Å². The van der Waals surface area contributed by atoms with E-state index in [0.717, 1.165) is 10.5 Å². The molecule has 31 heavy (non-hydrogen) atoms. The highest BCUT2D eigenvalue weighted by Crippen LogP contribution is 2.35. The van der Waals surface area contributed by atoms with Gasteiger partial charge in [0.05, 0.1) is 16.0 Å². The van der Waals surface area contributed by atoms with Gasteiger partial charge in [-0.3, -0.25) is 14.9 Å². The topological polar surface area (TPSA) is 93.8 Å². The average molecular weight is 456 g/mol. The predicted molar refractivity (Wildman–Crippen MR) is 121 cm³/mol. The van der Waals surface area contributed by atoms with E-state index in [9.17, 15) is 14.9 Å². The first kappa shape index (κ1) is 22.3. The third-order valence-corrected chi connectivity index (χ3v) is 5.34. The van der Waals surface area contributed by atoms with Crippen LogP contribution in [0.5, 0.6) is 5.75 Å².